The molecule has 0 atom stereocenters. The lowest BCUT2D eigenvalue weighted by atomic mass is 10.2. The number of pyridine rings is 1. The minimum atomic E-state index is 0.0285. The Morgan fingerprint density at radius 1 is 0.962 bits per heavy atom. The van der Waals surface area contributed by atoms with E-state index in [2.05, 4.69) is 20.9 Å². The van der Waals surface area contributed by atoms with E-state index in [1.165, 1.54) is 5.56 Å². The topological polar surface area (TPSA) is 54.3 Å². The predicted molar refractivity (Wildman–Crippen MR) is 102 cm³/mol. The lowest BCUT2D eigenvalue weighted by molar-refractivity contribution is 0.119. The molecule has 4 rings (SSSR count). The van der Waals surface area contributed by atoms with Crippen LogP contribution in [0.25, 0.3) is 10.9 Å². The van der Waals surface area contributed by atoms with Crippen molar-refractivity contribution < 1.29 is 0 Å². The normalized spacial score (nSPS) is 16.2. The number of hydrogen-bond acceptors (Lipinski definition) is 5. The fourth-order valence-corrected chi connectivity index (χ4v) is 3.46. The molecule has 0 radical (unpaired) electrons. The minimum absolute atomic E-state index is 0.0285. The molecule has 0 aliphatic carbocycles. The molecule has 2 aromatic heterocycles. The zero-order valence-corrected chi connectivity index (χ0v) is 15.0. The van der Waals surface area contributed by atoms with Crippen molar-refractivity contribution >= 4 is 10.9 Å². The second-order valence-electron chi connectivity index (χ2n) is 6.82. The van der Waals surface area contributed by atoms with Crippen molar-refractivity contribution in [2.75, 3.05) is 26.2 Å². The van der Waals surface area contributed by atoms with Gasteiger partial charge >= 0.3 is 0 Å². The summed E-state index contributed by atoms with van der Waals surface area (Å²) in [5.74, 6) is 0.828. The number of benzene rings is 1. The van der Waals surface area contributed by atoms with Crippen molar-refractivity contribution in [2.45, 2.75) is 13.1 Å². The summed E-state index contributed by atoms with van der Waals surface area (Å²) in [5.41, 5.74) is 2.06. The molecule has 0 N–H and O–H groups in total. The summed E-state index contributed by atoms with van der Waals surface area (Å²) in [5, 5.41) is 0.681. The van der Waals surface area contributed by atoms with Gasteiger partial charge in [-0.05, 0) is 23.8 Å². The average molecular weight is 349 g/mol. The summed E-state index contributed by atoms with van der Waals surface area (Å²) < 4.78 is 1.68. The van der Waals surface area contributed by atoms with Gasteiger partial charge in [0.05, 0.1) is 17.4 Å². The van der Waals surface area contributed by atoms with Crippen LogP contribution in [0.5, 0.6) is 0 Å². The van der Waals surface area contributed by atoms with E-state index >= 15 is 0 Å². The van der Waals surface area contributed by atoms with Gasteiger partial charge in [-0.15, -0.1) is 0 Å². The molecule has 1 aromatic carbocycles. The van der Waals surface area contributed by atoms with Crippen molar-refractivity contribution in [1.82, 2.24) is 24.3 Å². The van der Waals surface area contributed by atoms with E-state index in [-0.39, 0.29) is 5.56 Å². The molecule has 1 fully saturated rings. The van der Waals surface area contributed by atoms with Gasteiger partial charge in [0.15, 0.2) is 0 Å². The third-order valence-corrected chi connectivity index (χ3v) is 5.03. The number of nitrogens with zero attached hydrogens (tertiary/aromatic N) is 5. The van der Waals surface area contributed by atoms with Gasteiger partial charge in [0.2, 0.25) is 0 Å². The molecule has 0 bridgehead atoms. The molecule has 0 unspecified atom stereocenters. The monoisotopic (exact) mass is 349 g/mol. The number of piperazine rings is 1. The van der Waals surface area contributed by atoms with Gasteiger partial charge in [-0.25, -0.2) is 4.98 Å². The van der Waals surface area contributed by atoms with Crippen molar-refractivity contribution in [3.8, 4) is 0 Å². The Balaban J connectivity index is 1.42. The highest BCUT2D eigenvalue weighted by Gasteiger charge is 2.19. The Labute approximate surface area is 152 Å². The van der Waals surface area contributed by atoms with Crippen LogP contribution >= 0.6 is 0 Å². The van der Waals surface area contributed by atoms with Gasteiger partial charge in [0, 0.05) is 52.2 Å². The van der Waals surface area contributed by atoms with Crippen LogP contribution in [0.15, 0.2) is 53.6 Å². The predicted octanol–water partition coefficient (Wildman–Crippen LogP) is 1.65. The van der Waals surface area contributed by atoms with Crippen LogP contribution in [-0.4, -0.2) is 50.5 Å². The van der Waals surface area contributed by atoms with Crippen LogP contribution in [0.1, 0.15) is 11.4 Å². The van der Waals surface area contributed by atoms with Crippen molar-refractivity contribution in [3.05, 3.63) is 70.5 Å². The van der Waals surface area contributed by atoms with E-state index in [9.17, 15) is 4.79 Å². The molecule has 1 aliphatic rings. The molecule has 3 heterocycles. The Kier molecular flexibility index (Phi) is 4.77. The largest absolute Gasteiger partial charge is 0.298 e. The molecule has 1 aliphatic heterocycles. The molecule has 6 heteroatoms. The fourth-order valence-electron chi connectivity index (χ4n) is 3.46. The summed E-state index contributed by atoms with van der Waals surface area (Å²) in [6.07, 6.45) is 3.74. The Morgan fingerprint density at radius 2 is 1.69 bits per heavy atom. The lowest BCUT2D eigenvalue weighted by Gasteiger charge is -2.34. The fraction of sp³-hybridized carbons (Fsp3) is 0.350. The quantitative estimate of drug-likeness (QED) is 0.717. The molecule has 0 amide bonds. The SMILES string of the molecule is Cn1c(CN2CCN(Cc3cccnc3)CC2)nc2ccccc2c1=O. The second-order valence-corrected chi connectivity index (χ2v) is 6.82. The van der Waals surface area contributed by atoms with Gasteiger partial charge in [0.25, 0.3) is 5.56 Å². The van der Waals surface area contributed by atoms with Gasteiger partial charge in [-0.2, -0.15) is 0 Å². The standard InChI is InChI=1S/C20H23N5O/c1-23-19(22-18-7-3-2-6-17(18)20(23)26)15-25-11-9-24(10-12-25)14-16-5-4-8-21-13-16/h2-8,13H,9-12,14-15H2,1H3. The zero-order chi connectivity index (χ0) is 17.9. The molecule has 1 saturated heterocycles. The number of aromatic nitrogens is 3. The van der Waals surface area contributed by atoms with Crippen LogP contribution in [0.2, 0.25) is 0 Å². The minimum Gasteiger partial charge on any atom is -0.298 e. The maximum Gasteiger partial charge on any atom is 0.261 e. The molecular weight excluding hydrogens is 326 g/mol. The van der Waals surface area contributed by atoms with E-state index in [4.69, 9.17) is 4.98 Å². The van der Waals surface area contributed by atoms with Gasteiger partial charge < -0.3 is 0 Å². The summed E-state index contributed by atoms with van der Waals surface area (Å²) in [4.78, 5) is 26.3. The lowest BCUT2D eigenvalue weighted by Crippen LogP contribution is -2.46. The number of rotatable bonds is 4. The summed E-state index contributed by atoms with van der Waals surface area (Å²) in [7, 11) is 1.82. The third-order valence-electron chi connectivity index (χ3n) is 5.03. The van der Waals surface area contributed by atoms with Gasteiger partial charge in [-0.1, -0.05) is 18.2 Å². The summed E-state index contributed by atoms with van der Waals surface area (Å²) in [6.45, 7) is 5.62. The smallest absolute Gasteiger partial charge is 0.261 e. The first-order valence-corrected chi connectivity index (χ1v) is 8.99. The molecule has 0 spiro atoms. The highest BCUT2D eigenvalue weighted by Crippen LogP contribution is 2.12. The summed E-state index contributed by atoms with van der Waals surface area (Å²) >= 11 is 0. The van der Waals surface area contributed by atoms with Crippen LogP contribution < -0.4 is 5.56 Å². The molecule has 0 saturated carbocycles. The highest BCUT2D eigenvalue weighted by molar-refractivity contribution is 5.77. The van der Waals surface area contributed by atoms with Crippen molar-refractivity contribution in [1.29, 1.82) is 0 Å². The first-order valence-electron chi connectivity index (χ1n) is 8.99. The maximum atomic E-state index is 12.5. The molecule has 3 aromatic rings. The Bertz CT molecular complexity index is 945. The average Bonchev–Trinajstić information content (AvgIpc) is 2.68. The van der Waals surface area contributed by atoms with Gasteiger partial charge in [-0.3, -0.25) is 24.1 Å². The van der Waals surface area contributed by atoms with Crippen molar-refractivity contribution in [3.63, 3.8) is 0 Å². The van der Waals surface area contributed by atoms with E-state index in [0.717, 1.165) is 44.1 Å². The Morgan fingerprint density at radius 3 is 2.42 bits per heavy atom. The number of fused-ring (bicyclic) bond motifs is 1. The van der Waals surface area contributed by atoms with Crippen LogP contribution in [0.3, 0.4) is 0 Å². The van der Waals surface area contributed by atoms with E-state index in [1.54, 1.807) is 4.57 Å². The van der Waals surface area contributed by atoms with Crippen LogP contribution in [0.4, 0.5) is 0 Å². The third kappa shape index (κ3) is 3.52. The van der Waals surface area contributed by atoms with Crippen molar-refractivity contribution in [2.24, 2.45) is 7.05 Å². The molecule has 134 valence electrons. The van der Waals surface area contributed by atoms with E-state index in [0.29, 0.717) is 11.9 Å². The van der Waals surface area contributed by atoms with E-state index in [1.807, 2.05) is 49.8 Å². The maximum absolute atomic E-state index is 12.5. The number of para-hydroxylation sites is 1. The van der Waals surface area contributed by atoms with E-state index < -0.39 is 0 Å². The van der Waals surface area contributed by atoms with Crippen LogP contribution in [0, 0.1) is 0 Å². The van der Waals surface area contributed by atoms with Crippen LogP contribution in [-0.2, 0) is 20.1 Å². The number of hydrogen-bond donors (Lipinski definition) is 0. The zero-order valence-electron chi connectivity index (χ0n) is 15.0. The molecule has 6 nitrogen and oxygen atoms in total. The first-order chi connectivity index (χ1) is 12.7. The highest BCUT2D eigenvalue weighted by atomic mass is 16.1. The molecule has 26 heavy (non-hydrogen) atoms. The van der Waals surface area contributed by atoms with Gasteiger partial charge in [0.1, 0.15) is 5.82 Å². The second kappa shape index (κ2) is 7.35. The Hall–Kier alpha value is -2.57. The molecular formula is C20H23N5O. The summed E-state index contributed by atoms with van der Waals surface area (Å²) in [6, 6.07) is 11.7. The first kappa shape index (κ1) is 16.9.